The van der Waals surface area contributed by atoms with Crippen LogP contribution in [0.3, 0.4) is 0 Å². The SMILES string of the molecule is Cc1cc(N2CCc3c(c(C)nn3CC34CCC(N(CCN(C)C(=O)OC(C)(C)C)CC(=O)O)(CC3)CC4)C2)c2cnn(C)c2n1. The molecule has 46 heavy (non-hydrogen) atoms. The summed E-state index contributed by atoms with van der Waals surface area (Å²) in [5, 5.41) is 20.5. The van der Waals surface area contributed by atoms with Crippen molar-refractivity contribution in [2.45, 2.75) is 104 Å². The standard InChI is InChI=1S/C34H50N8O4/c1-23-18-28(25-19-35-39(7)30(25)36-23)40-15-8-27-26(20-40)24(2)37-42(27)22-33-9-12-34(13-10-33,14-11-33)41(21-29(43)44)17-16-38(6)31(45)46-32(3,4)5/h18-19H,8-17,20-22H2,1-7H3,(H,43,44). The van der Waals surface area contributed by atoms with E-state index in [0.717, 1.165) is 87.0 Å². The second kappa shape index (κ2) is 11.8. The van der Waals surface area contributed by atoms with Gasteiger partial charge >= 0.3 is 12.1 Å². The zero-order chi connectivity index (χ0) is 33.0. The lowest BCUT2D eigenvalue weighted by molar-refractivity contribution is -0.143. The van der Waals surface area contributed by atoms with Gasteiger partial charge in [-0.25, -0.2) is 9.78 Å². The number of rotatable bonds is 9. The summed E-state index contributed by atoms with van der Waals surface area (Å²) in [5.74, 6) is -0.824. The first-order valence-electron chi connectivity index (χ1n) is 16.7. The third-order valence-corrected chi connectivity index (χ3v) is 10.7. The van der Waals surface area contributed by atoms with Gasteiger partial charge in [-0.2, -0.15) is 10.2 Å². The van der Waals surface area contributed by atoms with Gasteiger partial charge in [0.1, 0.15) is 5.60 Å². The molecule has 1 N–H and O–H groups in total. The van der Waals surface area contributed by atoms with Crippen molar-refractivity contribution in [2.75, 3.05) is 38.1 Å². The van der Waals surface area contributed by atoms with E-state index in [4.69, 9.17) is 14.8 Å². The Morgan fingerprint density at radius 2 is 1.78 bits per heavy atom. The lowest BCUT2D eigenvalue weighted by Gasteiger charge is -2.57. The number of fused-ring (bicyclic) bond motifs is 5. The monoisotopic (exact) mass is 634 g/mol. The number of amides is 1. The predicted molar refractivity (Wildman–Crippen MR) is 176 cm³/mol. The number of carboxylic acid groups (broad SMARTS) is 1. The van der Waals surface area contributed by atoms with Gasteiger partial charge in [0.25, 0.3) is 0 Å². The number of aliphatic carboxylic acids is 1. The summed E-state index contributed by atoms with van der Waals surface area (Å²) in [6, 6.07) is 2.17. The van der Waals surface area contributed by atoms with Gasteiger partial charge in [0.15, 0.2) is 5.65 Å². The molecule has 0 spiro atoms. The molecular weight excluding hydrogens is 584 g/mol. The smallest absolute Gasteiger partial charge is 0.410 e. The van der Waals surface area contributed by atoms with Crippen LogP contribution in [0.4, 0.5) is 10.5 Å². The third-order valence-electron chi connectivity index (χ3n) is 10.7. The fourth-order valence-corrected chi connectivity index (χ4v) is 8.10. The van der Waals surface area contributed by atoms with Crippen LogP contribution in [0.25, 0.3) is 11.0 Å². The van der Waals surface area contributed by atoms with Gasteiger partial charge < -0.3 is 19.6 Å². The number of hydrogen-bond donors (Lipinski definition) is 1. The number of carboxylic acids is 1. The fourth-order valence-electron chi connectivity index (χ4n) is 8.10. The van der Waals surface area contributed by atoms with Crippen molar-refractivity contribution < 1.29 is 19.4 Å². The Kier molecular flexibility index (Phi) is 8.31. The molecule has 1 amide bonds. The molecule has 250 valence electrons. The van der Waals surface area contributed by atoms with Crippen LogP contribution in [0.5, 0.6) is 0 Å². The highest BCUT2D eigenvalue weighted by molar-refractivity contribution is 5.89. The molecule has 0 aromatic carbocycles. The Bertz CT molecular complexity index is 1610. The van der Waals surface area contributed by atoms with Crippen molar-refractivity contribution >= 4 is 28.8 Å². The lowest BCUT2D eigenvalue weighted by atomic mass is 9.56. The number of nitrogens with zero attached hydrogens (tertiary/aromatic N) is 8. The maximum atomic E-state index is 12.6. The molecule has 3 aromatic heterocycles. The summed E-state index contributed by atoms with van der Waals surface area (Å²) >= 11 is 0. The number of ether oxygens (including phenoxy) is 1. The number of carbonyl (C=O) groups excluding carboxylic acids is 1. The van der Waals surface area contributed by atoms with E-state index in [2.05, 4.69) is 32.6 Å². The van der Waals surface area contributed by atoms with Crippen LogP contribution in [0, 0.1) is 19.3 Å². The zero-order valence-electron chi connectivity index (χ0n) is 28.6. The molecule has 4 heterocycles. The van der Waals surface area contributed by atoms with Gasteiger partial charge in [-0.3, -0.25) is 19.1 Å². The van der Waals surface area contributed by atoms with Gasteiger partial charge in [0.05, 0.1) is 29.5 Å². The van der Waals surface area contributed by atoms with Crippen molar-refractivity contribution in [3.05, 3.63) is 34.9 Å². The molecule has 4 aliphatic rings. The minimum Gasteiger partial charge on any atom is -0.480 e. The Balaban J connectivity index is 1.13. The number of pyridine rings is 1. The highest BCUT2D eigenvalue weighted by Crippen LogP contribution is 2.55. The zero-order valence-corrected chi connectivity index (χ0v) is 28.6. The topological polar surface area (TPSA) is 122 Å². The van der Waals surface area contributed by atoms with E-state index < -0.39 is 11.6 Å². The summed E-state index contributed by atoms with van der Waals surface area (Å²) < 4.78 is 9.67. The summed E-state index contributed by atoms with van der Waals surface area (Å²) in [6.07, 6.45) is 8.55. The van der Waals surface area contributed by atoms with E-state index in [1.807, 2.05) is 45.6 Å². The van der Waals surface area contributed by atoms with Gasteiger partial charge in [0, 0.05) is 75.7 Å². The van der Waals surface area contributed by atoms with Crippen LogP contribution in [0.2, 0.25) is 0 Å². The van der Waals surface area contributed by atoms with Crippen LogP contribution >= 0.6 is 0 Å². The molecule has 3 aromatic rings. The van der Waals surface area contributed by atoms with Crippen molar-refractivity contribution in [1.29, 1.82) is 0 Å². The Morgan fingerprint density at radius 3 is 2.43 bits per heavy atom. The van der Waals surface area contributed by atoms with E-state index in [1.165, 1.54) is 16.9 Å². The molecule has 12 heteroatoms. The van der Waals surface area contributed by atoms with Crippen molar-refractivity contribution in [3.63, 3.8) is 0 Å². The Labute approximate surface area is 271 Å². The van der Waals surface area contributed by atoms with E-state index in [-0.39, 0.29) is 23.6 Å². The molecule has 7 rings (SSSR count). The first kappa shape index (κ1) is 32.3. The number of aromatic nitrogens is 5. The van der Waals surface area contributed by atoms with Crippen LogP contribution in [0.1, 0.15) is 81.9 Å². The normalized spacial score (nSPS) is 22.8. The largest absolute Gasteiger partial charge is 0.480 e. The van der Waals surface area contributed by atoms with Crippen LogP contribution in [-0.4, -0.2) is 95.9 Å². The molecule has 3 fully saturated rings. The molecular formula is C34H50N8O4. The number of aryl methyl sites for hydroxylation is 3. The summed E-state index contributed by atoms with van der Waals surface area (Å²) in [4.78, 5) is 35.4. The van der Waals surface area contributed by atoms with Gasteiger partial charge in [-0.1, -0.05) is 0 Å². The number of carbonyl (C=O) groups is 2. The molecule has 3 saturated carbocycles. The van der Waals surface area contributed by atoms with Gasteiger partial charge in [-0.05, 0) is 84.6 Å². The van der Waals surface area contributed by atoms with Gasteiger partial charge in [0.2, 0.25) is 0 Å². The van der Waals surface area contributed by atoms with Crippen LogP contribution in [0.15, 0.2) is 12.3 Å². The number of likely N-dealkylation sites (N-methyl/N-ethyl adjacent to an activating group) is 1. The second-order valence-corrected chi connectivity index (χ2v) is 15.1. The number of hydrogen-bond acceptors (Lipinski definition) is 8. The van der Waals surface area contributed by atoms with E-state index in [9.17, 15) is 14.7 Å². The average Bonchev–Trinajstić information content (AvgIpc) is 3.52. The summed E-state index contributed by atoms with van der Waals surface area (Å²) in [5.41, 5.74) is 6.34. The molecule has 0 atom stereocenters. The third kappa shape index (κ3) is 6.20. The molecule has 3 aliphatic carbocycles. The predicted octanol–water partition coefficient (Wildman–Crippen LogP) is 4.69. The highest BCUT2D eigenvalue weighted by atomic mass is 16.6. The quantitative estimate of drug-likeness (QED) is 0.357. The van der Waals surface area contributed by atoms with Gasteiger partial charge in [-0.15, -0.1) is 0 Å². The molecule has 12 nitrogen and oxygen atoms in total. The summed E-state index contributed by atoms with van der Waals surface area (Å²) in [6.45, 7) is 13.3. The van der Waals surface area contributed by atoms with Crippen molar-refractivity contribution in [1.82, 2.24) is 34.3 Å². The molecule has 1 aliphatic heterocycles. The number of anilines is 1. The Hall–Kier alpha value is -3.67. The first-order chi connectivity index (χ1) is 21.7. The van der Waals surface area contributed by atoms with Crippen molar-refractivity contribution in [2.24, 2.45) is 12.5 Å². The Morgan fingerprint density at radius 1 is 1.09 bits per heavy atom. The highest BCUT2D eigenvalue weighted by Gasteiger charge is 2.52. The maximum absolute atomic E-state index is 12.6. The lowest BCUT2D eigenvalue weighted by Crippen LogP contribution is -2.59. The van der Waals surface area contributed by atoms with Crippen LogP contribution in [-0.2, 0) is 36.1 Å². The average molecular weight is 635 g/mol. The summed E-state index contributed by atoms with van der Waals surface area (Å²) in [7, 11) is 3.66. The van der Waals surface area contributed by atoms with Crippen molar-refractivity contribution in [3.8, 4) is 0 Å². The first-order valence-corrected chi connectivity index (χ1v) is 16.7. The van der Waals surface area contributed by atoms with E-state index >= 15 is 0 Å². The molecule has 0 radical (unpaired) electrons. The van der Waals surface area contributed by atoms with E-state index in [1.54, 1.807) is 11.9 Å². The molecule has 2 bridgehead atoms. The van der Waals surface area contributed by atoms with E-state index in [0.29, 0.717) is 13.1 Å². The maximum Gasteiger partial charge on any atom is 0.410 e. The molecule has 0 unspecified atom stereocenters. The second-order valence-electron chi connectivity index (χ2n) is 15.1. The minimum atomic E-state index is -0.824. The fraction of sp³-hybridized carbons (Fsp3) is 0.676. The van der Waals surface area contributed by atoms with Crippen LogP contribution < -0.4 is 4.90 Å². The minimum absolute atomic E-state index is 0.0140. The molecule has 0 saturated heterocycles.